The van der Waals surface area contributed by atoms with E-state index >= 15 is 0 Å². The van der Waals surface area contributed by atoms with Crippen molar-refractivity contribution in [3.63, 3.8) is 0 Å². The second-order valence-electron chi connectivity index (χ2n) is 7.48. The number of nitrogens with one attached hydrogen (secondary N) is 1. The first-order valence-electron chi connectivity index (χ1n) is 9.85. The molecule has 0 saturated heterocycles. The van der Waals surface area contributed by atoms with Crippen molar-refractivity contribution in [1.82, 2.24) is 5.32 Å². The van der Waals surface area contributed by atoms with E-state index in [1.165, 1.54) is 34.0 Å². The van der Waals surface area contributed by atoms with Gasteiger partial charge in [0.25, 0.3) is 5.91 Å². The maximum atomic E-state index is 13.6. The van der Waals surface area contributed by atoms with E-state index < -0.39 is 5.82 Å². The molecule has 1 N–H and O–H groups in total. The highest BCUT2D eigenvalue weighted by Gasteiger charge is 2.23. The third kappa shape index (κ3) is 3.19. The molecule has 1 atom stereocenters. The molecule has 142 valence electrons. The summed E-state index contributed by atoms with van der Waals surface area (Å²) in [6.07, 6.45) is 2.11. The third-order valence-electron chi connectivity index (χ3n) is 5.72. The summed E-state index contributed by atoms with van der Waals surface area (Å²) in [6, 6.07) is 26.1. The van der Waals surface area contributed by atoms with E-state index in [2.05, 4.69) is 35.6 Å². The van der Waals surface area contributed by atoms with Crippen molar-refractivity contribution in [2.45, 2.75) is 18.9 Å². The molecule has 0 fully saturated rings. The molecule has 4 aromatic rings. The summed E-state index contributed by atoms with van der Waals surface area (Å²) < 4.78 is 13.6. The summed E-state index contributed by atoms with van der Waals surface area (Å²) in [5.74, 6) is -0.708. The molecule has 5 rings (SSSR count). The number of benzene rings is 4. The van der Waals surface area contributed by atoms with Gasteiger partial charge < -0.3 is 5.32 Å². The number of hydrogen-bond acceptors (Lipinski definition) is 1. The van der Waals surface area contributed by atoms with Crippen LogP contribution in [0.3, 0.4) is 0 Å². The average molecular weight is 381 g/mol. The van der Waals surface area contributed by atoms with E-state index in [0.29, 0.717) is 5.56 Å². The lowest BCUT2D eigenvalue weighted by atomic mass is 9.91. The van der Waals surface area contributed by atoms with Crippen LogP contribution in [0.2, 0.25) is 0 Å². The number of halogens is 1. The molecule has 1 aliphatic rings. The molecule has 1 aliphatic carbocycles. The van der Waals surface area contributed by atoms with E-state index in [1.54, 1.807) is 12.1 Å². The lowest BCUT2D eigenvalue weighted by Gasteiger charge is -2.22. The number of rotatable bonds is 4. The lowest BCUT2D eigenvalue weighted by Crippen LogP contribution is -2.29. The fraction of sp³-hybridized carbons (Fsp3) is 0.115. The van der Waals surface area contributed by atoms with E-state index in [-0.39, 0.29) is 11.9 Å². The highest BCUT2D eigenvalue weighted by Crippen LogP contribution is 2.36. The molecular formula is C26H20FNO. The van der Waals surface area contributed by atoms with Crippen LogP contribution in [-0.2, 0) is 12.8 Å². The van der Waals surface area contributed by atoms with E-state index in [0.717, 1.165) is 24.0 Å². The largest absolute Gasteiger partial charge is 0.341 e. The Labute approximate surface area is 169 Å². The van der Waals surface area contributed by atoms with Gasteiger partial charge in [0.1, 0.15) is 5.82 Å². The van der Waals surface area contributed by atoms with E-state index in [9.17, 15) is 9.18 Å². The van der Waals surface area contributed by atoms with Crippen LogP contribution in [-0.4, -0.2) is 5.91 Å². The van der Waals surface area contributed by atoms with Crippen LogP contribution in [0, 0.1) is 5.82 Å². The summed E-state index contributed by atoms with van der Waals surface area (Å²) >= 11 is 0. The topological polar surface area (TPSA) is 29.1 Å². The Bertz CT molecular complexity index is 1210. The number of amides is 1. The number of carbonyl (C=O) groups is 1. The highest BCUT2D eigenvalue weighted by molar-refractivity contribution is 5.97. The molecule has 3 heteroatoms. The molecule has 2 nitrogen and oxygen atoms in total. The van der Waals surface area contributed by atoms with Gasteiger partial charge in [0.15, 0.2) is 0 Å². The normalized spacial score (nSPS) is 13.4. The Morgan fingerprint density at radius 2 is 1.59 bits per heavy atom. The van der Waals surface area contributed by atoms with Crippen molar-refractivity contribution >= 4 is 16.7 Å². The summed E-state index contributed by atoms with van der Waals surface area (Å²) in [6.45, 7) is 0. The van der Waals surface area contributed by atoms with Gasteiger partial charge in [-0.05, 0) is 64.1 Å². The minimum Gasteiger partial charge on any atom is -0.341 e. The molecule has 0 aromatic heterocycles. The van der Waals surface area contributed by atoms with Crippen LogP contribution in [0.5, 0.6) is 0 Å². The van der Waals surface area contributed by atoms with Crippen molar-refractivity contribution in [3.8, 4) is 0 Å². The molecular weight excluding hydrogens is 361 g/mol. The first-order valence-corrected chi connectivity index (χ1v) is 9.85. The van der Waals surface area contributed by atoms with Gasteiger partial charge in [-0.1, -0.05) is 66.7 Å². The highest BCUT2D eigenvalue weighted by atomic mass is 19.1. The summed E-state index contributed by atoms with van der Waals surface area (Å²) in [7, 11) is 0. The monoisotopic (exact) mass is 381 g/mol. The molecule has 0 bridgehead atoms. The molecule has 0 spiro atoms. The van der Waals surface area contributed by atoms with Crippen LogP contribution in [0.15, 0.2) is 84.9 Å². The Balaban J connectivity index is 1.63. The van der Waals surface area contributed by atoms with Crippen molar-refractivity contribution in [2.75, 3.05) is 0 Å². The maximum Gasteiger partial charge on any atom is 0.252 e. The molecule has 4 aromatic carbocycles. The van der Waals surface area contributed by atoms with E-state index in [4.69, 9.17) is 0 Å². The minimum atomic E-state index is -0.417. The third-order valence-corrected chi connectivity index (χ3v) is 5.72. The zero-order valence-electron chi connectivity index (χ0n) is 15.9. The average Bonchev–Trinajstić information content (AvgIpc) is 3.18. The Morgan fingerprint density at radius 1 is 0.828 bits per heavy atom. The predicted octanol–water partition coefficient (Wildman–Crippen LogP) is 5.60. The van der Waals surface area contributed by atoms with E-state index in [1.807, 2.05) is 30.3 Å². The SMILES string of the molecule is O=C(N[C@@H](c1ccccc1)c1ccc2c3c(cccc13)CC2)c1cccc(F)c1. The standard InChI is InChI=1S/C26H20FNO/c27-21-10-4-9-20(16-21)26(29)28-25(19-6-2-1-3-7-19)23-15-14-18-13-12-17-8-5-11-22(23)24(17)18/h1-11,14-16,25H,12-13H2,(H,28,29)/t25-/m0/s1. The van der Waals surface area contributed by atoms with Gasteiger partial charge in [-0.15, -0.1) is 0 Å². The molecule has 29 heavy (non-hydrogen) atoms. The molecule has 0 radical (unpaired) electrons. The summed E-state index contributed by atoms with van der Waals surface area (Å²) in [4.78, 5) is 13.0. The second-order valence-corrected chi connectivity index (χ2v) is 7.48. The van der Waals surface area contributed by atoms with Crippen molar-refractivity contribution < 1.29 is 9.18 Å². The van der Waals surface area contributed by atoms with Crippen LogP contribution in [0.25, 0.3) is 10.8 Å². The lowest BCUT2D eigenvalue weighted by molar-refractivity contribution is 0.0942. The van der Waals surface area contributed by atoms with Gasteiger partial charge in [-0.25, -0.2) is 4.39 Å². The predicted molar refractivity (Wildman–Crippen MR) is 114 cm³/mol. The Morgan fingerprint density at radius 3 is 2.38 bits per heavy atom. The minimum absolute atomic E-state index is 0.290. The zero-order chi connectivity index (χ0) is 19.8. The second kappa shape index (κ2) is 7.17. The molecule has 0 heterocycles. The van der Waals surface area contributed by atoms with Gasteiger partial charge in [-0.3, -0.25) is 4.79 Å². The van der Waals surface area contributed by atoms with Crippen molar-refractivity contribution in [2.24, 2.45) is 0 Å². The molecule has 0 aliphatic heterocycles. The zero-order valence-corrected chi connectivity index (χ0v) is 15.9. The summed E-state index contributed by atoms with van der Waals surface area (Å²) in [5.41, 5.74) is 5.10. The number of carbonyl (C=O) groups excluding carboxylic acids is 1. The van der Waals surface area contributed by atoms with Gasteiger partial charge in [0.2, 0.25) is 0 Å². The number of aryl methyl sites for hydroxylation is 2. The van der Waals surface area contributed by atoms with Crippen LogP contribution in [0.4, 0.5) is 4.39 Å². The van der Waals surface area contributed by atoms with Gasteiger partial charge >= 0.3 is 0 Å². The Kier molecular flexibility index (Phi) is 4.36. The Hall–Kier alpha value is -3.46. The molecule has 0 saturated carbocycles. The number of hydrogen-bond donors (Lipinski definition) is 1. The van der Waals surface area contributed by atoms with Crippen molar-refractivity contribution in [3.05, 3.63) is 119 Å². The van der Waals surface area contributed by atoms with Crippen molar-refractivity contribution in [1.29, 1.82) is 0 Å². The summed E-state index contributed by atoms with van der Waals surface area (Å²) in [5, 5.41) is 5.62. The van der Waals surface area contributed by atoms with Crippen LogP contribution in [0.1, 0.15) is 38.7 Å². The van der Waals surface area contributed by atoms with Crippen LogP contribution >= 0.6 is 0 Å². The van der Waals surface area contributed by atoms with Gasteiger partial charge in [0.05, 0.1) is 6.04 Å². The smallest absolute Gasteiger partial charge is 0.252 e. The maximum absolute atomic E-state index is 13.6. The fourth-order valence-electron chi connectivity index (χ4n) is 4.35. The fourth-order valence-corrected chi connectivity index (χ4v) is 4.35. The van der Waals surface area contributed by atoms with Gasteiger partial charge in [0, 0.05) is 5.56 Å². The quantitative estimate of drug-likeness (QED) is 0.490. The molecule has 1 amide bonds. The first-order chi connectivity index (χ1) is 14.2. The molecule has 0 unspecified atom stereocenters. The van der Waals surface area contributed by atoms with Gasteiger partial charge in [-0.2, -0.15) is 0 Å². The first kappa shape index (κ1) is 17.6. The van der Waals surface area contributed by atoms with Crippen LogP contribution < -0.4 is 5.32 Å².